The average molecular weight is 445 g/mol. The second-order valence-electron chi connectivity index (χ2n) is 8.02. The fourth-order valence-corrected chi connectivity index (χ4v) is 3.92. The Morgan fingerprint density at radius 2 is 1.42 bits per heavy atom. The van der Waals surface area contributed by atoms with Gasteiger partial charge in [-0.15, -0.1) is 0 Å². The first-order valence-corrected chi connectivity index (χ1v) is 11.3. The van der Waals surface area contributed by atoms with E-state index in [0.717, 1.165) is 22.4 Å². The molecule has 0 saturated carbocycles. The van der Waals surface area contributed by atoms with E-state index in [2.05, 4.69) is 5.32 Å². The van der Waals surface area contributed by atoms with Crippen molar-refractivity contribution < 1.29 is 14.3 Å². The molecule has 2 amide bonds. The monoisotopic (exact) mass is 444 g/mol. The highest BCUT2D eigenvalue weighted by molar-refractivity contribution is 5.87. The van der Waals surface area contributed by atoms with Gasteiger partial charge in [0.05, 0.1) is 7.11 Å². The maximum Gasteiger partial charge on any atom is 0.242 e. The highest BCUT2D eigenvalue weighted by atomic mass is 16.5. The Bertz CT molecular complexity index is 981. The highest BCUT2D eigenvalue weighted by Gasteiger charge is 2.28. The maximum atomic E-state index is 13.7. The summed E-state index contributed by atoms with van der Waals surface area (Å²) in [6.45, 7) is 4.52. The zero-order valence-corrected chi connectivity index (χ0v) is 19.5. The minimum Gasteiger partial charge on any atom is -0.497 e. The van der Waals surface area contributed by atoms with Gasteiger partial charge < -0.3 is 15.0 Å². The Labute approximate surface area is 196 Å². The summed E-state index contributed by atoms with van der Waals surface area (Å²) in [5.41, 5.74) is 3.09. The third-order valence-electron chi connectivity index (χ3n) is 5.81. The molecule has 0 fully saturated rings. The number of benzene rings is 3. The molecule has 33 heavy (non-hydrogen) atoms. The third kappa shape index (κ3) is 6.45. The number of carbonyl (C=O) groups is 2. The number of methoxy groups -OCH3 is 1. The second kappa shape index (κ2) is 11.9. The van der Waals surface area contributed by atoms with E-state index in [1.165, 1.54) is 0 Å². The largest absolute Gasteiger partial charge is 0.497 e. The van der Waals surface area contributed by atoms with Gasteiger partial charge in [0, 0.05) is 25.4 Å². The minimum absolute atomic E-state index is 0.0673. The summed E-state index contributed by atoms with van der Waals surface area (Å²) >= 11 is 0. The zero-order valence-electron chi connectivity index (χ0n) is 19.5. The van der Waals surface area contributed by atoms with Crippen molar-refractivity contribution in [3.63, 3.8) is 0 Å². The van der Waals surface area contributed by atoms with Crippen LogP contribution < -0.4 is 10.1 Å². The van der Waals surface area contributed by atoms with Gasteiger partial charge in [-0.05, 0) is 42.7 Å². The molecule has 3 rings (SSSR count). The van der Waals surface area contributed by atoms with Gasteiger partial charge in [0.15, 0.2) is 0 Å². The smallest absolute Gasteiger partial charge is 0.242 e. The molecule has 0 aliphatic carbocycles. The van der Waals surface area contributed by atoms with E-state index < -0.39 is 6.04 Å². The Balaban J connectivity index is 1.90. The van der Waals surface area contributed by atoms with Crippen LogP contribution in [0.3, 0.4) is 0 Å². The van der Waals surface area contributed by atoms with Gasteiger partial charge in [-0.25, -0.2) is 0 Å². The van der Waals surface area contributed by atoms with Gasteiger partial charge in [-0.1, -0.05) is 72.8 Å². The summed E-state index contributed by atoms with van der Waals surface area (Å²) in [7, 11) is 1.62. The second-order valence-corrected chi connectivity index (χ2v) is 8.02. The minimum atomic E-state index is -0.591. The molecule has 1 atom stereocenters. The van der Waals surface area contributed by atoms with Crippen LogP contribution in [-0.2, 0) is 16.1 Å². The van der Waals surface area contributed by atoms with Gasteiger partial charge in [0.25, 0.3) is 0 Å². The molecule has 3 aromatic carbocycles. The van der Waals surface area contributed by atoms with Crippen molar-refractivity contribution in [2.75, 3.05) is 13.7 Å². The first-order chi connectivity index (χ1) is 16.0. The topological polar surface area (TPSA) is 58.6 Å². The van der Waals surface area contributed by atoms with E-state index in [0.29, 0.717) is 13.1 Å². The van der Waals surface area contributed by atoms with E-state index in [4.69, 9.17) is 4.74 Å². The lowest BCUT2D eigenvalue weighted by atomic mass is 9.88. The van der Waals surface area contributed by atoms with Crippen molar-refractivity contribution in [1.82, 2.24) is 10.2 Å². The molecule has 1 N–H and O–H groups in total. The van der Waals surface area contributed by atoms with Crippen molar-refractivity contribution in [3.8, 4) is 5.75 Å². The molecule has 0 aliphatic heterocycles. The molecule has 0 heterocycles. The number of hydrogen-bond acceptors (Lipinski definition) is 3. The van der Waals surface area contributed by atoms with E-state index in [1.54, 1.807) is 18.9 Å². The molecule has 0 spiro atoms. The Morgan fingerprint density at radius 1 is 0.879 bits per heavy atom. The summed E-state index contributed by atoms with van der Waals surface area (Å²) in [4.78, 5) is 28.1. The summed E-state index contributed by atoms with van der Waals surface area (Å²) in [6, 6.07) is 27.1. The van der Waals surface area contributed by atoms with Crippen LogP contribution in [0, 0.1) is 0 Å². The van der Waals surface area contributed by atoms with Crippen LogP contribution in [0.1, 0.15) is 42.9 Å². The van der Waals surface area contributed by atoms with Gasteiger partial charge >= 0.3 is 0 Å². The highest BCUT2D eigenvalue weighted by Crippen LogP contribution is 2.29. The summed E-state index contributed by atoms with van der Waals surface area (Å²) in [6.07, 6.45) is 0.272. The van der Waals surface area contributed by atoms with Gasteiger partial charge in [0.2, 0.25) is 11.8 Å². The van der Waals surface area contributed by atoms with Crippen LogP contribution in [0.4, 0.5) is 0 Å². The molecule has 172 valence electrons. The van der Waals surface area contributed by atoms with E-state index in [-0.39, 0.29) is 24.2 Å². The molecular weight excluding hydrogens is 412 g/mol. The Hall–Kier alpha value is -3.60. The fourth-order valence-electron chi connectivity index (χ4n) is 3.92. The number of nitrogens with zero attached hydrogens (tertiary/aromatic N) is 1. The molecule has 5 nitrogen and oxygen atoms in total. The van der Waals surface area contributed by atoms with Crippen LogP contribution in [-0.4, -0.2) is 36.4 Å². The standard InChI is InChI=1S/C28H32N2O3/c1-4-29-28(32)21(2)30(20-22-15-17-25(33-3)18-16-22)27(31)19-26(23-11-7-5-8-12-23)24-13-9-6-10-14-24/h5-18,21,26H,4,19-20H2,1-3H3,(H,29,32)/t21-/m0/s1. The van der Waals surface area contributed by atoms with Crippen LogP contribution in [0.5, 0.6) is 5.75 Å². The third-order valence-corrected chi connectivity index (χ3v) is 5.81. The van der Waals surface area contributed by atoms with E-state index in [1.807, 2.05) is 91.9 Å². The van der Waals surface area contributed by atoms with Gasteiger partial charge in [-0.2, -0.15) is 0 Å². The number of rotatable bonds is 10. The summed E-state index contributed by atoms with van der Waals surface area (Å²) in [5, 5.41) is 2.85. The average Bonchev–Trinajstić information content (AvgIpc) is 2.86. The predicted octanol–water partition coefficient (Wildman–Crippen LogP) is 4.77. The lowest BCUT2D eigenvalue weighted by Crippen LogP contribution is -2.47. The van der Waals surface area contributed by atoms with Gasteiger partial charge in [0.1, 0.15) is 11.8 Å². The number of likely N-dealkylation sites (N-methyl/N-ethyl adjacent to an activating group) is 1. The first-order valence-electron chi connectivity index (χ1n) is 11.3. The summed E-state index contributed by atoms with van der Waals surface area (Å²) in [5.74, 6) is 0.430. The van der Waals surface area contributed by atoms with Crippen LogP contribution in [0.2, 0.25) is 0 Å². The molecule has 0 bridgehead atoms. The number of nitrogens with one attached hydrogen (secondary N) is 1. The van der Waals surface area contributed by atoms with Crippen molar-refractivity contribution >= 4 is 11.8 Å². The lowest BCUT2D eigenvalue weighted by Gasteiger charge is -2.30. The van der Waals surface area contributed by atoms with Crippen LogP contribution >= 0.6 is 0 Å². The molecule has 0 saturated heterocycles. The Kier molecular flexibility index (Phi) is 8.64. The molecule has 3 aromatic rings. The Morgan fingerprint density at radius 3 is 1.91 bits per heavy atom. The lowest BCUT2D eigenvalue weighted by molar-refractivity contribution is -0.140. The number of carbonyl (C=O) groups excluding carboxylic acids is 2. The van der Waals surface area contributed by atoms with Crippen molar-refractivity contribution in [3.05, 3.63) is 102 Å². The number of hydrogen-bond donors (Lipinski definition) is 1. The molecule has 0 aliphatic rings. The predicted molar refractivity (Wildman–Crippen MR) is 131 cm³/mol. The van der Waals surface area contributed by atoms with Gasteiger partial charge in [-0.3, -0.25) is 9.59 Å². The van der Waals surface area contributed by atoms with E-state index >= 15 is 0 Å². The van der Waals surface area contributed by atoms with Crippen molar-refractivity contribution in [2.45, 2.75) is 38.8 Å². The fraction of sp³-hybridized carbons (Fsp3) is 0.286. The van der Waals surface area contributed by atoms with E-state index in [9.17, 15) is 9.59 Å². The van der Waals surface area contributed by atoms with Crippen LogP contribution in [0.15, 0.2) is 84.9 Å². The maximum absolute atomic E-state index is 13.7. The normalized spacial score (nSPS) is 11.6. The molecule has 0 aromatic heterocycles. The molecule has 0 radical (unpaired) electrons. The molecule has 0 unspecified atom stereocenters. The van der Waals surface area contributed by atoms with Crippen LogP contribution in [0.25, 0.3) is 0 Å². The molecular formula is C28H32N2O3. The van der Waals surface area contributed by atoms with Crippen molar-refractivity contribution in [1.29, 1.82) is 0 Å². The summed E-state index contributed by atoms with van der Waals surface area (Å²) < 4.78 is 5.25. The number of ether oxygens (including phenoxy) is 1. The first kappa shape index (κ1) is 24.1. The number of amides is 2. The van der Waals surface area contributed by atoms with Crippen molar-refractivity contribution in [2.24, 2.45) is 0 Å². The quantitative estimate of drug-likeness (QED) is 0.490. The zero-order chi connectivity index (χ0) is 23.6. The molecule has 5 heteroatoms. The SMILES string of the molecule is CCNC(=O)[C@H](C)N(Cc1ccc(OC)cc1)C(=O)CC(c1ccccc1)c1ccccc1.